The fourth-order valence-corrected chi connectivity index (χ4v) is 4.88. The van der Waals surface area contributed by atoms with Gasteiger partial charge in [0, 0.05) is 26.2 Å². The molecule has 0 spiro atoms. The molecule has 204 valence electrons. The van der Waals surface area contributed by atoms with Crippen LogP contribution in [-0.2, 0) is 9.59 Å². The quantitative estimate of drug-likeness (QED) is 0.281. The van der Waals surface area contributed by atoms with Crippen LogP contribution in [-0.4, -0.2) is 60.0 Å². The van der Waals surface area contributed by atoms with Crippen LogP contribution in [0.3, 0.4) is 0 Å². The third kappa shape index (κ3) is 6.52. The topological polar surface area (TPSA) is 59.1 Å². The fraction of sp³-hybridized carbons (Fsp3) is 0.235. The van der Waals surface area contributed by atoms with Crippen molar-refractivity contribution in [1.29, 1.82) is 0 Å². The maximum Gasteiger partial charge on any atom is 0.263 e. The monoisotopic (exact) mass is 534 g/mol. The summed E-state index contributed by atoms with van der Waals surface area (Å²) >= 11 is 0. The number of ether oxygens (including phenoxy) is 2. The van der Waals surface area contributed by atoms with E-state index in [0.29, 0.717) is 37.7 Å². The highest BCUT2D eigenvalue weighted by molar-refractivity contribution is 5.83. The molecule has 0 N–H and O–H groups in total. The van der Waals surface area contributed by atoms with Crippen LogP contribution in [0.5, 0.6) is 11.5 Å². The second kappa shape index (κ2) is 12.5. The summed E-state index contributed by atoms with van der Waals surface area (Å²) in [5.41, 5.74) is 4.45. The van der Waals surface area contributed by atoms with Gasteiger partial charge in [0.2, 0.25) is 0 Å². The molecule has 0 saturated carbocycles. The molecule has 0 radical (unpaired) electrons. The van der Waals surface area contributed by atoms with Crippen molar-refractivity contribution in [2.45, 2.75) is 26.1 Å². The first-order valence-electron chi connectivity index (χ1n) is 13.7. The normalized spacial score (nSPS) is 14.8. The lowest BCUT2D eigenvalue weighted by Crippen LogP contribution is -2.55. The smallest absolute Gasteiger partial charge is 0.263 e. The zero-order valence-electron chi connectivity index (χ0n) is 22.9. The minimum atomic E-state index is -0.619. The SMILES string of the molecule is CC(Oc1ccc(-c2ccccc2)cc1)C(=O)N1CCN(C(=O)C(C)Oc2ccc(-c3ccccc3)cc2)CC1. The number of piperazine rings is 1. The highest BCUT2D eigenvalue weighted by atomic mass is 16.5. The van der Waals surface area contributed by atoms with E-state index < -0.39 is 12.2 Å². The van der Waals surface area contributed by atoms with Crippen LogP contribution in [0.25, 0.3) is 22.3 Å². The summed E-state index contributed by atoms with van der Waals surface area (Å²) in [5, 5.41) is 0. The van der Waals surface area contributed by atoms with Crippen molar-refractivity contribution in [2.75, 3.05) is 26.2 Å². The minimum Gasteiger partial charge on any atom is -0.481 e. The van der Waals surface area contributed by atoms with Gasteiger partial charge in [-0.3, -0.25) is 9.59 Å². The van der Waals surface area contributed by atoms with Gasteiger partial charge in [0.15, 0.2) is 12.2 Å². The van der Waals surface area contributed by atoms with Crippen LogP contribution in [0.2, 0.25) is 0 Å². The Hall–Kier alpha value is -4.58. The van der Waals surface area contributed by atoms with Crippen molar-refractivity contribution in [3.63, 3.8) is 0 Å². The largest absolute Gasteiger partial charge is 0.481 e. The van der Waals surface area contributed by atoms with E-state index in [1.165, 1.54) is 0 Å². The summed E-state index contributed by atoms with van der Waals surface area (Å²) in [4.78, 5) is 29.6. The average molecular weight is 535 g/mol. The van der Waals surface area contributed by atoms with Crippen molar-refractivity contribution in [3.05, 3.63) is 109 Å². The summed E-state index contributed by atoms with van der Waals surface area (Å²) in [6.45, 7) is 5.38. The van der Waals surface area contributed by atoms with Gasteiger partial charge >= 0.3 is 0 Å². The van der Waals surface area contributed by atoms with Crippen LogP contribution in [0.1, 0.15) is 13.8 Å². The molecule has 0 aromatic heterocycles. The number of nitrogens with zero attached hydrogens (tertiary/aromatic N) is 2. The van der Waals surface area contributed by atoms with Gasteiger partial charge in [-0.1, -0.05) is 84.9 Å². The second-order valence-electron chi connectivity index (χ2n) is 9.95. The van der Waals surface area contributed by atoms with Crippen LogP contribution in [0.15, 0.2) is 109 Å². The van der Waals surface area contributed by atoms with E-state index in [0.717, 1.165) is 22.3 Å². The third-order valence-electron chi connectivity index (χ3n) is 7.15. The second-order valence-corrected chi connectivity index (χ2v) is 9.95. The Bertz CT molecular complexity index is 1290. The highest BCUT2D eigenvalue weighted by Crippen LogP contribution is 2.24. The lowest BCUT2D eigenvalue weighted by molar-refractivity contribution is -0.146. The molecule has 5 rings (SSSR count). The number of carbonyl (C=O) groups excluding carboxylic acids is 2. The van der Waals surface area contributed by atoms with E-state index in [1.54, 1.807) is 23.6 Å². The molecule has 2 amide bonds. The first-order valence-corrected chi connectivity index (χ1v) is 13.7. The number of rotatable bonds is 8. The average Bonchev–Trinajstić information content (AvgIpc) is 3.02. The molecule has 2 unspecified atom stereocenters. The standard InChI is InChI=1S/C34H34N2O4/c1-25(39-31-17-13-29(14-18-31)27-9-5-3-6-10-27)33(37)35-21-23-36(24-22-35)34(38)26(2)40-32-19-15-30(16-20-32)28-11-7-4-8-12-28/h3-20,25-26H,21-24H2,1-2H3. The Morgan fingerprint density at radius 1 is 0.500 bits per heavy atom. The number of carbonyl (C=O) groups is 2. The molecule has 4 aromatic carbocycles. The first kappa shape index (κ1) is 27.0. The summed E-state index contributed by atoms with van der Waals surface area (Å²) in [6, 6.07) is 35.8. The van der Waals surface area contributed by atoms with Gasteiger partial charge < -0.3 is 19.3 Å². The number of hydrogen-bond donors (Lipinski definition) is 0. The van der Waals surface area contributed by atoms with E-state index in [2.05, 4.69) is 24.3 Å². The van der Waals surface area contributed by atoms with Gasteiger partial charge in [-0.05, 0) is 60.4 Å². The van der Waals surface area contributed by atoms with E-state index in [9.17, 15) is 9.59 Å². The van der Waals surface area contributed by atoms with Gasteiger partial charge in [0.05, 0.1) is 0 Å². The Labute approximate surface area is 235 Å². The number of hydrogen-bond acceptors (Lipinski definition) is 4. The van der Waals surface area contributed by atoms with Crippen molar-refractivity contribution in [2.24, 2.45) is 0 Å². The summed E-state index contributed by atoms with van der Waals surface area (Å²) in [5.74, 6) is 1.14. The number of amides is 2. The number of benzene rings is 4. The van der Waals surface area contributed by atoms with Crippen LogP contribution < -0.4 is 9.47 Å². The maximum atomic E-state index is 13.0. The first-order chi connectivity index (χ1) is 19.5. The highest BCUT2D eigenvalue weighted by Gasteiger charge is 2.30. The van der Waals surface area contributed by atoms with Crippen molar-refractivity contribution in [1.82, 2.24) is 9.80 Å². The zero-order chi connectivity index (χ0) is 27.9. The van der Waals surface area contributed by atoms with Crippen molar-refractivity contribution < 1.29 is 19.1 Å². The predicted octanol–water partition coefficient (Wildman–Crippen LogP) is 5.93. The minimum absolute atomic E-state index is 0.0814. The van der Waals surface area contributed by atoms with E-state index in [4.69, 9.17) is 9.47 Å². The van der Waals surface area contributed by atoms with Crippen molar-refractivity contribution >= 4 is 11.8 Å². The molecule has 1 saturated heterocycles. The molecule has 0 bridgehead atoms. The molecule has 0 aliphatic carbocycles. The zero-order valence-corrected chi connectivity index (χ0v) is 22.9. The van der Waals surface area contributed by atoms with Crippen molar-refractivity contribution in [3.8, 4) is 33.8 Å². The van der Waals surface area contributed by atoms with Gasteiger partial charge in [-0.2, -0.15) is 0 Å². The van der Waals surface area contributed by atoms with E-state index in [-0.39, 0.29) is 11.8 Å². The molecule has 1 aliphatic heterocycles. The Balaban J connectivity index is 1.09. The molecule has 6 heteroatoms. The van der Waals surface area contributed by atoms with Crippen LogP contribution >= 0.6 is 0 Å². The van der Waals surface area contributed by atoms with Gasteiger partial charge in [-0.25, -0.2) is 0 Å². The summed E-state index contributed by atoms with van der Waals surface area (Å²) in [6.07, 6.45) is -1.24. The fourth-order valence-electron chi connectivity index (χ4n) is 4.88. The Kier molecular flexibility index (Phi) is 8.45. The molecule has 4 aromatic rings. The molecule has 2 atom stereocenters. The lowest BCUT2D eigenvalue weighted by atomic mass is 10.1. The maximum absolute atomic E-state index is 13.0. The van der Waals surface area contributed by atoms with Gasteiger partial charge in [-0.15, -0.1) is 0 Å². The molecule has 6 nitrogen and oxygen atoms in total. The molecule has 1 aliphatic rings. The van der Waals surface area contributed by atoms with Crippen LogP contribution in [0.4, 0.5) is 0 Å². The summed E-state index contributed by atoms with van der Waals surface area (Å²) < 4.78 is 11.9. The van der Waals surface area contributed by atoms with E-state index >= 15 is 0 Å². The Morgan fingerprint density at radius 2 is 0.800 bits per heavy atom. The van der Waals surface area contributed by atoms with E-state index in [1.807, 2.05) is 84.9 Å². The molecule has 40 heavy (non-hydrogen) atoms. The van der Waals surface area contributed by atoms with Crippen LogP contribution in [0, 0.1) is 0 Å². The lowest BCUT2D eigenvalue weighted by Gasteiger charge is -2.36. The molecular formula is C34H34N2O4. The summed E-state index contributed by atoms with van der Waals surface area (Å²) in [7, 11) is 0. The molecule has 1 fully saturated rings. The third-order valence-corrected chi connectivity index (χ3v) is 7.15. The van der Waals surface area contributed by atoms with Gasteiger partial charge in [0.1, 0.15) is 11.5 Å². The predicted molar refractivity (Wildman–Crippen MR) is 157 cm³/mol. The molecular weight excluding hydrogens is 500 g/mol. The molecule has 1 heterocycles. The Morgan fingerprint density at radius 3 is 1.12 bits per heavy atom. The van der Waals surface area contributed by atoms with Gasteiger partial charge in [0.25, 0.3) is 11.8 Å².